The van der Waals surface area contributed by atoms with Gasteiger partial charge in [0.05, 0.1) is 13.5 Å². The summed E-state index contributed by atoms with van der Waals surface area (Å²) >= 11 is 0. The molecule has 2 aromatic rings. The molecule has 7 heteroatoms. The fourth-order valence-corrected chi connectivity index (χ4v) is 1.85. The molecule has 0 unspecified atom stereocenters. The lowest BCUT2D eigenvalue weighted by atomic mass is 10.0. The predicted molar refractivity (Wildman–Crippen MR) is 72.1 cm³/mol. The van der Waals surface area contributed by atoms with E-state index in [4.69, 9.17) is 0 Å². The average molecular weight is 311 g/mol. The molecule has 0 radical (unpaired) electrons. The molecule has 0 amide bonds. The zero-order valence-electron chi connectivity index (χ0n) is 11.6. The van der Waals surface area contributed by atoms with Gasteiger partial charge < -0.3 is 9.47 Å². The van der Waals surface area contributed by atoms with E-state index >= 15 is 0 Å². The molecule has 0 aliphatic heterocycles. The molecule has 0 aliphatic carbocycles. The Morgan fingerprint density at radius 1 is 1.18 bits per heavy atom. The lowest BCUT2D eigenvalue weighted by Crippen LogP contribution is -2.17. The maximum atomic E-state index is 12.2. The molecular formula is C15H12F3NO3. The SMILES string of the molecule is COC(=O)Cc1cncc(-c2cccc(OC(F)(F)F)c2)c1. The van der Waals surface area contributed by atoms with Crippen molar-refractivity contribution in [3.05, 3.63) is 48.3 Å². The number of hydrogen-bond donors (Lipinski definition) is 0. The molecule has 116 valence electrons. The normalized spacial score (nSPS) is 11.1. The highest BCUT2D eigenvalue weighted by atomic mass is 19.4. The fourth-order valence-electron chi connectivity index (χ4n) is 1.85. The zero-order valence-corrected chi connectivity index (χ0v) is 11.6. The second kappa shape index (κ2) is 6.46. The van der Waals surface area contributed by atoms with E-state index in [-0.39, 0.29) is 12.2 Å². The summed E-state index contributed by atoms with van der Waals surface area (Å²) in [5.41, 5.74) is 1.68. The first kappa shape index (κ1) is 15.8. The van der Waals surface area contributed by atoms with E-state index in [1.807, 2.05) is 0 Å². The van der Waals surface area contributed by atoms with E-state index in [1.54, 1.807) is 12.1 Å². The Morgan fingerprint density at radius 2 is 1.95 bits per heavy atom. The van der Waals surface area contributed by atoms with Gasteiger partial charge in [-0.1, -0.05) is 12.1 Å². The van der Waals surface area contributed by atoms with Crippen LogP contribution in [0.25, 0.3) is 11.1 Å². The molecule has 0 bridgehead atoms. The summed E-state index contributed by atoms with van der Waals surface area (Å²) < 4.78 is 45.2. The maximum absolute atomic E-state index is 12.2. The van der Waals surface area contributed by atoms with Crippen LogP contribution in [0.15, 0.2) is 42.7 Å². The third-order valence-corrected chi connectivity index (χ3v) is 2.77. The van der Waals surface area contributed by atoms with Crippen LogP contribution in [0.4, 0.5) is 13.2 Å². The van der Waals surface area contributed by atoms with Gasteiger partial charge in [0.1, 0.15) is 5.75 Å². The van der Waals surface area contributed by atoms with Gasteiger partial charge in [0, 0.05) is 18.0 Å². The topological polar surface area (TPSA) is 48.4 Å². The van der Waals surface area contributed by atoms with Crippen molar-refractivity contribution in [1.82, 2.24) is 4.98 Å². The van der Waals surface area contributed by atoms with Crippen molar-refractivity contribution in [3.63, 3.8) is 0 Å². The number of pyridine rings is 1. The summed E-state index contributed by atoms with van der Waals surface area (Å²) in [7, 11) is 1.28. The highest BCUT2D eigenvalue weighted by Crippen LogP contribution is 2.28. The summed E-state index contributed by atoms with van der Waals surface area (Å²) in [6.45, 7) is 0. The van der Waals surface area contributed by atoms with Crippen LogP contribution in [0.2, 0.25) is 0 Å². The monoisotopic (exact) mass is 311 g/mol. The van der Waals surface area contributed by atoms with E-state index in [2.05, 4.69) is 14.5 Å². The molecule has 0 aliphatic rings. The summed E-state index contributed by atoms with van der Waals surface area (Å²) in [6, 6.07) is 7.21. The van der Waals surface area contributed by atoms with E-state index in [0.717, 1.165) is 0 Å². The molecule has 22 heavy (non-hydrogen) atoms. The van der Waals surface area contributed by atoms with Crippen molar-refractivity contribution in [2.45, 2.75) is 12.8 Å². The number of hydrogen-bond acceptors (Lipinski definition) is 4. The Bertz CT molecular complexity index is 671. The number of ether oxygens (including phenoxy) is 2. The number of methoxy groups -OCH3 is 1. The summed E-state index contributed by atoms with van der Waals surface area (Å²) in [5, 5.41) is 0. The van der Waals surface area contributed by atoms with Crippen LogP contribution < -0.4 is 4.74 Å². The molecule has 0 fully saturated rings. The third-order valence-electron chi connectivity index (χ3n) is 2.77. The van der Waals surface area contributed by atoms with Crippen LogP contribution in [0.5, 0.6) is 5.75 Å². The Morgan fingerprint density at radius 3 is 2.64 bits per heavy atom. The highest BCUT2D eigenvalue weighted by Gasteiger charge is 2.31. The van der Waals surface area contributed by atoms with Gasteiger partial charge >= 0.3 is 12.3 Å². The molecule has 0 saturated heterocycles. The minimum absolute atomic E-state index is 0.0378. The summed E-state index contributed by atoms with van der Waals surface area (Å²) in [5.74, 6) is -0.739. The molecule has 2 rings (SSSR count). The summed E-state index contributed by atoms with van der Waals surface area (Å²) in [4.78, 5) is 15.2. The number of halogens is 3. The molecule has 1 aromatic heterocycles. The first-order valence-corrected chi connectivity index (χ1v) is 6.24. The quantitative estimate of drug-likeness (QED) is 0.812. The number of benzene rings is 1. The number of nitrogens with zero attached hydrogens (tertiary/aromatic N) is 1. The average Bonchev–Trinajstić information content (AvgIpc) is 2.46. The van der Waals surface area contributed by atoms with Crippen LogP contribution >= 0.6 is 0 Å². The van der Waals surface area contributed by atoms with Crippen molar-refractivity contribution in [1.29, 1.82) is 0 Å². The number of carbonyl (C=O) groups is 1. The van der Waals surface area contributed by atoms with Crippen molar-refractivity contribution in [2.24, 2.45) is 0 Å². The van der Waals surface area contributed by atoms with Crippen LogP contribution in [0, 0.1) is 0 Å². The Balaban J connectivity index is 2.26. The van der Waals surface area contributed by atoms with Crippen LogP contribution in [0.1, 0.15) is 5.56 Å². The molecule has 1 heterocycles. The Kier molecular flexibility index (Phi) is 4.65. The van der Waals surface area contributed by atoms with E-state index in [0.29, 0.717) is 16.7 Å². The smallest absolute Gasteiger partial charge is 0.469 e. The number of aromatic nitrogens is 1. The van der Waals surface area contributed by atoms with Crippen molar-refractivity contribution in [3.8, 4) is 16.9 Å². The predicted octanol–water partition coefficient (Wildman–Crippen LogP) is 3.36. The zero-order chi connectivity index (χ0) is 16.2. The number of alkyl halides is 3. The van der Waals surface area contributed by atoms with Crippen molar-refractivity contribution >= 4 is 5.97 Å². The van der Waals surface area contributed by atoms with Crippen LogP contribution in [-0.2, 0) is 16.0 Å². The molecule has 0 atom stereocenters. The van der Waals surface area contributed by atoms with Crippen LogP contribution in [0.3, 0.4) is 0 Å². The van der Waals surface area contributed by atoms with Gasteiger partial charge in [0.25, 0.3) is 0 Å². The highest BCUT2D eigenvalue weighted by molar-refractivity contribution is 5.73. The second-order valence-electron chi connectivity index (χ2n) is 4.41. The van der Waals surface area contributed by atoms with Gasteiger partial charge in [-0.05, 0) is 29.3 Å². The minimum Gasteiger partial charge on any atom is -0.469 e. The molecule has 0 spiro atoms. The molecule has 1 aromatic carbocycles. The Labute approximate surface area is 124 Å². The largest absolute Gasteiger partial charge is 0.573 e. The second-order valence-corrected chi connectivity index (χ2v) is 4.41. The number of esters is 1. The maximum Gasteiger partial charge on any atom is 0.573 e. The number of rotatable bonds is 4. The van der Waals surface area contributed by atoms with Crippen LogP contribution in [-0.4, -0.2) is 24.4 Å². The van der Waals surface area contributed by atoms with Crippen molar-refractivity contribution < 1.29 is 27.4 Å². The van der Waals surface area contributed by atoms with Gasteiger partial charge in [-0.3, -0.25) is 9.78 Å². The molecule has 4 nitrogen and oxygen atoms in total. The third kappa shape index (κ3) is 4.47. The molecule has 0 saturated carbocycles. The van der Waals surface area contributed by atoms with E-state index in [1.165, 1.54) is 37.7 Å². The minimum atomic E-state index is -4.75. The fraction of sp³-hybridized carbons (Fsp3) is 0.200. The van der Waals surface area contributed by atoms with Gasteiger partial charge in [0.15, 0.2) is 0 Å². The van der Waals surface area contributed by atoms with Gasteiger partial charge in [0.2, 0.25) is 0 Å². The van der Waals surface area contributed by atoms with Gasteiger partial charge in [-0.25, -0.2) is 0 Å². The van der Waals surface area contributed by atoms with Crippen molar-refractivity contribution in [2.75, 3.05) is 7.11 Å². The first-order valence-electron chi connectivity index (χ1n) is 6.24. The lowest BCUT2D eigenvalue weighted by Gasteiger charge is -2.10. The Hall–Kier alpha value is -2.57. The molecular weight excluding hydrogens is 299 g/mol. The lowest BCUT2D eigenvalue weighted by molar-refractivity contribution is -0.274. The van der Waals surface area contributed by atoms with E-state index < -0.39 is 12.3 Å². The first-order chi connectivity index (χ1) is 10.4. The number of carbonyl (C=O) groups excluding carboxylic acids is 1. The standard InChI is InChI=1S/C15H12F3NO3/c1-21-14(20)6-10-5-12(9-19-8-10)11-3-2-4-13(7-11)22-15(16,17)18/h2-5,7-9H,6H2,1H3. The summed E-state index contributed by atoms with van der Waals surface area (Å²) in [6.07, 6.45) is -1.72. The van der Waals surface area contributed by atoms with E-state index in [9.17, 15) is 18.0 Å². The van der Waals surface area contributed by atoms with Gasteiger partial charge in [-0.2, -0.15) is 0 Å². The van der Waals surface area contributed by atoms with Gasteiger partial charge in [-0.15, -0.1) is 13.2 Å². The molecule has 0 N–H and O–H groups in total.